The number of rotatable bonds is 2. The van der Waals surface area contributed by atoms with Crippen LogP contribution in [0.2, 0.25) is 0 Å². The molecule has 2 fully saturated rings. The molecular formula is C8H13NOS2. The van der Waals surface area contributed by atoms with Gasteiger partial charge in [0.25, 0.3) is 0 Å². The molecule has 0 aromatic heterocycles. The molecular weight excluding hydrogens is 190 g/mol. The van der Waals surface area contributed by atoms with E-state index in [1.165, 1.54) is 12.8 Å². The van der Waals surface area contributed by atoms with Crippen molar-refractivity contribution >= 4 is 28.3 Å². The van der Waals surface area contributed by atoms with Gasteiger partial charge in [-0.05, 0) is 12.8 Å². The van der Waals surface area contributed by atoms with E-state index < -0.39 is 0 Å². The first-order chi connectivity index (χ1) is 5.86. The SMILES string of the molecule is S=C(SCC1CO1)N1CCCC1. The second kappa shape index (κ2) is 3.94. The number of hydrogen-bond acceptors (Lipinski definition) is 3. The molecule has 68 valence electrons. The largest absolute Gasteiger partial charge is 0.372 e. The number of thioether (sulfide) groups is 1. The van der Waals surface area contributed by atoms with E-state index in [-0.39, 0.29) is 0 Å². The molecule has 2 saturated heterocycles. The standard InChI is InChI=1S/C8H13NOS2/c11-8(9-3-1-2-4-9)12-6-7-5-10-7/h7H,1-6H2. The van der Waals surface area contributed by atoms with Gasteiger partial charge in [-0.3, -0.25) is 0 Å². The van der Waals surface area contributed by atoms with E-state index in [9.17, 15) is 0 Å². The Balaban J connectivity index is 1.67. The molecule has 2 nitrogen and oxygen atoms in total. The van der Waals surface area contributed by atoms with Crippen LogP contribution in [0.5, 0.6) is 0 Å². The van der Waals surface area contributed by atoms with Crippen molar-refractivity contribution in [3.63, 3.8) is 0 Å². The zero-order valence-electron chi connectivity index (χ0n) is 6.99. The van der Waals surface area contributed by atoms with Gasteiger partial charge in [0.1, 0.15) is 4.32 Å². The summed E-state index contributed by atoms with van der Waals surface area (Å²) in [5.41, 5.74) is 0. The van der Waals surface area contributed by atoms with Gasteiger partial charge in [0.15, 0.2) is 0 Å². The summed E-state index contributed by atoms with van der Waals surface area (Å²) in [6, 6.07) is 0. The Kier molecular flexibility index (Phi) is 2.88. The number of hydrogen-bond donors (Lipinski definition) is 0. The molecule has 2 heterocycles. The summed E-state index contributed by atoms with van der Waals surface area (Å²) in [6.45, 7) is 3.27. The summed E-state index contributed by atoms with van der Waals surface area (Å²) in [4.78, 5) is 2.31. The molecule has 0 radical (unpaired) electrons. The number of epoxide rings is 1. The van der Waals surface area contributed by atoms with Crippen molar-refractivity contribution in [2.75, 3.05) is 25.4 Å². The molecule has 1 atom stereocenters. The predicted octanol–water partition coefficient (Wildman–Crippen LogP) is 1.50. The van der Waals surface area contributed by atoms with Crippen LogP contribution in [-0.2, 0) is 4.74 Å². The van der Waals surface area contributed by atoms with E-state index in [2.05, 4.69) is 4.90 Å². The average Bonchev–Trinajstić information content (AvgIpc) is 2.74. The molecule has 12 heavy (non-hydrogen) atoms. The molecule has 0 amide bonds. The van der Waals surface area contributed by atoms with Gasteiger partial charge in [0.2, 0.25) is 0 Å². The first-order valence-corrected chi connectivity index (χ1v) is 5.79. The lowest BCUT2D eigenvalue weighted by Gasteiger charge is -2.16. The molecule has 1 unspecified atom stereocenters. The molecule has 0 bridgehead atoms. The van der Waals surface area contributed by atoms with Crippen LogP contribution >= 0.6 is 24.0 Å². The molecule has 0 aromatic carbocycles. The Morgan fingerprint density at radius 1 is 1.50 bits per heavy atom. The molecule has 0 N–H and O–H groups in total. The van der Waals surface area contributed by atoms with Crippen molar-refractivity contribution in [2.45, 2.75) is 18.9 Å². The summed E-state index contributed by atoms with van der Waals surface area (Å²) in [5, 5.41) is 0. The molecule has 0 aliphatic carbocycles. The van der Waals surface area contributed by atoms with Crippen molar-refractivity contribution in [3.05, 3.63) is 0 Å². The lowest BCUT2D eigenvalue weighted by molar-refractivity contribution is 0.426. The van der Waals surface area contributed by atoms with Crippen LogP contribution in [-0.4, -0.2) is 40.8 Å². The lowest BCUT2D eigenvalue weighted by atomic mass is 10.4. The Morgan fingerprint density at radius 3 is 2.75 bits per heavy atom. The number of likely N-dealkylation sites (tertiary alicyclic amines) is 1. The molecule has 0 saturated carbocycles. The Labute approximate surface area is 82.6 Å². The topological polar surface area (TPSA) is 15.8 Å². The van der Waals surface area contributed by atoms with E-state index >= 15 is 0 Å². The van der Waals surface area contributed by atoms with Crippen LogP contribution in [0.4, 0.5) is 0 Å². The molecule has 2 rings (SSSR count). The Hall–Kier alpha value is 0.200. The van der Waals surface area contributed by atoms with Crippen molar-refractivity contribution in [1.29, 1.82) is 0 Å². The maximum atomic E-state index is 5.29. The summed E-state index contributed by atoms with van der Waals surface area (Å²) < 4.78 is 6.19. The lowest BCUT2D eigenvalue weighted by Crippen LogP contribution is -2.23. The fourth-order valence-electron chi connectivity index (χ4n) is 1.32. The van der Waals surface area contributed by atoms with Crippen molar-refractivity contribution < 1.29 is 4.74 Å². The number of thiocarbonyl (C=S) groups is 1. The third-order valence-electron chi connectivity index (χ3n) is 2.16. The fraction of sp³-hybridized carbons (Fsp3) is 0.875. The minimum Gasteiger partial charge on any atom is -0.372 e. The van der Waals surface area contributed by atoms with E-state index in [4.69, 9.17) is 17.0 Å². The van der Waals surface area contributed by atoms with Crippen molar-refractivity contribution in [3.8, 4) is 0 Å². The maximum absolute atomic E-state index is 5.29. The molecule has 2 aliphatic rings. The second-order valence-corrected chi connectivity index (χ2v) is 4.88. The highest BCUT2D eigenvalue weighted by atomic mass is 32.2. The molecule has 2 aliphatic heterocycles. The van der Waals surface area contributed by atoms with Crippen molar-refractivity contribution in [2.24, 2.45) is 0 Å². The van der Waals surface area contributed by atoms with Crippen LogP contribution in [0.25, 0.3) is 0 Å². The zero-order chi connectivity index (χ0) is 8.39. The van der Waals surface area contributed by atoms with Gasteiger partial charge in [-0.25, -0.2) is 0 Å². The third-order valence-corrected chi connectivity index (χ3v) is 3.81. The summed E-state index contributed by atoms with van der Waals surface area (Å²) in [7, 11) is 0. The van der Waals surface area contributed by atoms with Gasteiger partial charge in [-0.2, -0.15) is 0 Å². The van der Waals surface area contributed by atoms with Gasteiger partial charge in [-0.1, -0.05) is 24.0 Å². The van der Waals surface area contributed by atoms with Crippen LogP contribution in [0, 0.1) is 0 Å². The predicted molar refractivity (Wildman–Crippen MR) is 55.6 cm³/mol. The highest BCUT2D eigenvalue weighted by Crippen LogP contribution is 2.21. The van der Waals surface area contributed by atoms with E-state index in [1.807, 2.05) is 0 Å². The Bertz CT molecular complexity index is 176. The minimum atomic E-state index is 0.496. The number of ether oxygens (including phenoxy) is 1. The Morgan fingerprint density at radius 2 is 2.17 bits per heavy atom. The van der Waals surface area contributed by atoms with E-state index in [1.54, 1.807) is 11.8 Å². The highest BCUT2D eigenvalue weighted by molar-refractivity contribution is 8.22. The quantitative estimate of drug-likeness (QED) is 0.499. The highest BCUT2D eigenvalue weighted by Gasteiger charge is 2.24. The van der Waals surface area contributed by atoms with Crippen LogP contribution in [0.1, 0.15) is 12.8 Å². The van der Waals surface area contributed by atoms with E-state index in [0.717, 1.165) is 29.8 Å². The van der Waals surface area contributed by atoms with Crippen LogP contribution in [0.15, 0.2) is 0 Å². The first-order valence-electron chi connectivity index (χ1n) is 4.39. The van der Waals surface area contributed by atoms with Gasteiger partial charge in [-0.15, -0.1) is 0 Å². The van der Waals surface area contributed by atoms with Gasteiger partial charge < -0.3 is 9.64 Å². The molecule has 0 spiro atoms. The summed E-state index contributed by atoms with van der Waals surface area (Å²) in [5.74, 6) is 1.05. The minimum absolute atomic E-state index is 0.496. The average molecular weight is 203 g/mol. The molecule has 4 heteroatoms. The maximum Gasteiger partial charge on any atom is 0.136 e. The van der Waals surface area contributed by atoms with Crippen molar-refractivity contribution in [1.82, 2.24) is 4.90 Å². The normalized spacial score (nSPS) is 27.7. The number of nitrogens with zero attached hydrogens (tertiary/aromatic N) is 1. The van der Waals surface area contributed by atoms with Gasteiger partial charge >= 0.3 is 0 Å². The molecule has 0 aromatic rings. The van der Waals surface area contributed by atoms with Gasteiger partial charge in [0, 0.05) is 18.8 Å². The summed E-state index contributed by atoms with van der Waals surface area (Å²) in [6.07, 6.45) is 3.11. The second-order valence-electron chi connectivity index (χ2n) is 3.23. The van der Waals surface area contributed by atoms with Gasteiger partial charge in [0.05, 0.1) is 12.7 Å². The fourth-order valence-corrected chi connectivity index (χ4v) is 2.59. The summed E-state index contributed by atoms with van der Waals surface area (Å²) >= 11 is 7.07. The smallest absolute Gasteiger partial charge is 0.136 e. The first kappa shape index (κ1) is 8.78. The zero-order valence-corrected chi connectivity index (χ0v) is 8.62. The third kappa shape index (κ3) is 2.34. The van der Waals surface area contributed by atoms with E-state index in [0.29, 0.717) is 6.10 Å². The monoisotopic (exact) mass is 203 g/mol. The van der Waals surface area contributed by atoms with Crippen LogP contribution < -0.4 is 0 Å². The van der Waals surface area contributed by atoms with Crippen LogP contribution in [0.3, 0.4) is 0 Å².